The van der Waals surface area contributed by atoms with Crippen LogP contribution in [0.2, 0.25) is 0 Å². The minimum atomic E-state index is -1.93. The second-order valence-electron chi connectivity index (χ2n) is 36.0. The van der Waals surface area contributed by atoms with Crippen molar-refractivity contribution >= 4 is 89.5 Å². The van der Waals surface area contributed by atoms with Gasteiger partial charge in [-0.25, -0.2) is 24.0 Å². The Balaban J connectivity index is 3.22. The number of hydrogen-bond acceptors (Lipinski definition) is 23. The van der Waals surface area contributed by atoms with E-state index in [0.29, 0.717) is 5.56 Å². The number of alkyl carbamates (subject to hydrolysis) is 5. The fraction of sp³-hybridized carbons (Fsp3) is 0.734. The first-order valence-electron chi connectivity index (χ1n) is 39.6. The van der Waals surface area contributed by atoms with Crippen molar-refractivity contribution in [3.8, 4) is 0 Å². The predicted octanol–water partition coefficient (Wildman–Crippen LogP) is 3.08. The van der Waals surface area contributed by atoms with Crippen LogP contribution in [0.3, 0.4) is 0 Å². The SMILES string of the molecule is CC(C)CC1NC(=O)C(Cc2ccccc2)NC(=O)C(CCNC(=O)OC(C)(C)C)NC(=O)C(NC(=O)C(CNC(=O)OC(C)(C)C)NC(=O)C(NC(=O)C(N)CCNC(=O)OC(C)(C)C)C(C)OC(C)(C)C)CCNC(=O)C(C(C)OC(C)(C)C)NC(=O)C(CCNC(=O)OC(C)(C)C)NC(=O)C(CCNC(=O)OC(C)(C)C)NC1=O. The molecule has 0 aromatic heterocycles. The summed E-state index contributed by atoms with van der Waals surface area (Å²) in [7, 11) is 0. The molecule has 0 spiro atoms. The molecule has 38 heteroatoms. The molecule has 117 heavy (non-hydrogen) atoms. The second-order valence-corrected chi connectivity index (χ2v) is 36.0. The Morgan fingerprint density at radius 2 is 0.803 bits per heavy atom. The fourth-order valence-corrected chi connectivity index (χ4v) is 11.1. The molecule has 12 unspecified atom stereocenters. The second kappa shape index (κ2) is 46.3. The Morgan fingerprint density at radius 3 is 1.22 bits per heavy atom. The third kappa shape index (κ3) is 44.9. The lowest BCUT2D eigenvalue weighted by Gasteiger charge is -2.33. The van der Waals surface area contributed by atoms with E-state index in [1.54, 1.807) is 190 Å². The fourth-order valence-electron chi connectivity index (χ4n) is 11.1. The first kappa shape index (κ1) is 103. The predicted molar refractivity (Wildman–Crippen MR) is 433 cm³/mol. The van der Waals surface area contributed by atoms with Crippen LogP contribution in [-0.4, -0.2) is 241 Å². The van der Waals surface area contributed by atoms with Gasteiger partial charge in [-0.15, -0.1) is 0 Å². The van der Waals surface area contributed by atoms with E-state index in [2.05, 4.69) is 79.8 Å². The van der Waals surface area contributed by atoms with Gasteiger partial charge in [0.2, 0.25) is 59.1 Å². The monoisotopic (exact) mass is 1660 g/mol. The summed E-state index contributed by atoms with van der Waals surface area (Å²) in [5, 5.41) is 39.0. The van der Waals surface area contributed by atoms with Gasteiger partial charge in [-0.3, -0.25) is 47.9 Å². The van der Waals surface area contributed by atoms with Crippen molar-refractivity contribution < 1.29 is 105 Å². The van der Waals surface area contributed by atoms with Gasteiger partial charge in [0.15, 0.2) is 0 Å². The van der Waals surface area contributed by atoms with Crippen LogP contribution in [0, 0.1) is 5.92 Å². The smallest absolute Gasteiger partial charge is 0.407 e. The molecule has 0 aliphatic carbocycles. The van der Waals surface area contributed by atoms with Gasteiger partial charge in [-0.1, -0.05) is 44.2 Å². The molecule has 12 atom stereocenters. The number of carbonyl (C=O) groups excluding carboxylic acids is 15. The molecule has 1 aromatic carbocycles. The van der Waals surface area contributed by atoms with Crippen molar-refractivity contribution in [2.45, 2.75) is 330 Å². The Hall–Kier alpha value is -9.85. The van der Waals surface area contributed by atoms with Crippen molar-refractivity contribution in [1.29, 1.82) is 0 Å². The molecule has 15 amide bonds. The van der Waals surface area contributed by atoms with Gasteiger partial charge in [0.05, 0.1) is 36.0 Å². The summed E-state index contributed by atoms with van der Waals surface area (Å²) < 4.78 is 39.5. The molecule has 0 saturated carbocycles. The Morgan fingerprint density at radius 1 is 0.427 bits per heavy atom. The number of rotatable bonds is 28. The van der Waals surface area contributed by atoms with E-state index in [0.717, 1.165) is 0 Å². The molecule has 1 saturated heterocycles. The molecular formula is C79H136N16O22. The molecule has 1 aromatic rings. The summed E-state index contributed by atoms with van der Waals surface area (Å²) in [5.41, 5.74) is -0.124. The Labute approximate surface area is 688 Å². The van der Waals surface area contributed by atoms with E-state index < -0.39 is 240 Å². The molecular weight excluding hydrogens is 1520 g/mol. The maximum absolute atomic E-state index is 15.5. The van der Waals surface area contributed by atoms with Gasteiger partial charge in [0.1, 0.15) is 82.4 Å². The number of hydrogen-bond donors (Lipinski definition) is 16. The molecule has 0 bridgehead atoms. The standard InChI is InChI=1S/C79H136N16O22/c1-44(2)41-53-63(101)89-50(33-38-83-69(107)114-76(14,15)16)60(98)88-52(35-40-85-71(109)116-78(20,21)22)62(100)95-56(45(3)111-73(5,6)7)66(104)81-37-32-49(59(97)87-51(34-39-84-70(108)115-77(17,18)19)61(99)92-54(64(102)91-53)42-47-29-27-26-28-30-47)90-65(103)55(43-86-72(110)117-79(23,24)25)93-67(105)57(46(4)112-74(8,9)10)94-58(96)48(80)31-36-82-68(106)113-75(11,12)13/h26-30,44-46,48-57H,31-43,80H2,1-25H3,(H,81,104)(H,82,106)(H,83,107)(H,84,108)(H,85,109)(H,86,110)(H,87,97)(H,88,98)(H,89,101)(H,90,103)(H,91,102)(H,92,99)(H,93,105)(H,94,96)(H,95,100). The van der Waals surface area contributed by atoms with Crippen LogP contribution in [0.4, 0.5) is 24.0 Å². The number of amides is 15. The van der Waals surface area contributed by atoms with Crippen LogP contribution < -0.4 is 85.5 Å². The highest BCUT2D eigenvalue weighted by Gasteiger charge is 2.41. The summed E-state index contributed by atoms with van der Waals surface area (Å²) in [6, 6.07) is -8.52. The highest BCUT2D eigenvalue weighted by Crippen LogP contribution is 2.19. The third-order valence-electron chi connectivity index (χ3n) is 15.9. The minimum Gasteiger partial charge on any atom is -0.444 e. The maximum atomic E-state index is 15.5. The zero-order valence-corrected chi connectivity index (χ0v) is 73.1. The zero-order valence-electron chi connectivity index (χ0n) is 73.1. The number of carbonyl (C=O) groups is 15. The maximum Gasteiger partial charge on any atom is 0.407 e. The van der Waals surface area contributed by atoms with Crippen LogP contribution in [-0.2, 0) is 87.5 Å². The van der Waals surface area contributed by atoms with E-state index in [4.69, 9.17) is 38.9 Å². The summed E-state index contributed by atoms with van der Waals surface area (Å²) in [4.78, 5) is 216. The lowest BCUT2D eigenvalue weighted by molar-refractivity contribution is -0.140. The minimum absolute atomic E-state index is 0.105. The van der Waals surface area contributed by atoms with Crippen LogP contribution in [0.15, 0.2) is 30.3 Å². The number of benzene rings is 1. The van der Waals surface area contributed by atoms with Gasteiger partial charge in [-0.05, 0) is 209 Å². The first-order chi connectivity index (χ1) is 53.6. The van der Waals surface area contributed by atoms with E-state index in [1.165, 1.54) is 13.8 Å². The summed E-state index contributed by atoms with van der Waals surface area (Å²) in [6.07, 6.45) is -9.51. The molecule has 2 rings (SSSR count). The van der Waals surface area contributed by atoms with Crippen LogP contribution in [0.25, 0.3) is 0 Å². The van der Waals surface area contributed by atoms with E-state index in [-0.39, 0.29) is 51.2 Å². The van der Waals surface area contributed by atoms with Crippen molar-refractivity contribution in [3.05, 3.63) is 35.9 Å². The van der Waals surface area contributed by atoms with Crippen molar-refractivity contribution in [1.82, 2.24) is 79.8 Å². The van der Waals surface area contributed by atoms with Crippen LogP contribution >= 0.6 is 0 Å². The number of nitrogens with one attached hydrogen (secondary N) is 15. The van der Waals surface area contributed by atoms with Gasteiger partial charge in [0.25, 0.3) is 0 Å². The lowest BCUT2D eigenvalue weighted by atomic mass is 10.00. The van der Waals surface area contributed by atoms with Gasteiger partial charge in [-0.2, -0.15) is 0 Å². The normalized spacial score (nSPS) is 20.3. The lowest BCUT2D eigenvalue weighted by Crippen LogP contribution is -2.63. The Kier molecular flexibility index (Phi) is 40.9. The average molecular weight is 1660 g/mol. The molecule has 664 valence electrons. The zero-order chi connectivity index (χ0) is 89.5. The molecule has 0 radical (unpaired) electrons. The molecule has 1 aliphatic rings. The van der Waals surface area contributed by atoms with Gasteiger partial charge < -0.3 is 119 Å². The molecule has 1 heterocycles. The average Bonchev–Trinajstić information content (AvgIpc) is 1.38. The number of ether oxygens (including phenoxy) is 7. The summed E-state index contributed by atoms with van der Waals surface area (Å²) in [5.74, 6) is -10.9. The summed E-state index contributed by atoms with van der Waals surface area (Å²) >= 11 is 0. The molecule has 1 fully saturated rings. The highest BCUT2D eigenvalue weighted by atomic mass is 16.6. The van der Waals surface area contributed by atoms with Gasteiger partial charge >= 0.3 is 30.5 Å². The molecule has 1 aliphatic heterocycles. The van der Waals surface area contributed by atoms with Crippen molar-refractivity contribution in [3.63, 3.8) is 0 Å². The Bertz CT molecular complexity index is 3500. The van der Waals surface area contributed by atoms with Crippen molar-refractivity contribution in [2.24, 2.45) is 11.7 Å². The highest BCUT2D eigenvalue weighted by molar-refractivity contribution is 5.99. The number of nitrogens with two attached hydrogens (primary N) is 1. The first-order valence-corrected chi connectivity index (χ1v) is 39.6. The van der Waals surface area contributed by atoms with E-state index in [9.17, 15) is 33.6 Å². The van der Waals surface area contributed by atoms with Crippen LogP contribution in [0.1, 0.15) is 217 Å². The molecule has 17 N–H and O–H groups in total. The topological polar surface area (TPSA) is 527 Å². The molecule has 38 nitrogen and oxygen atoms in total. The van der Waals surface area contributed by atoms with E-state index in [1.807, 2.05) is 0 Å². The van der Waals surface area contributed by atoms with E-state index >= 15 is 38.4 Å². The third-order valence-corrected chi connectivity index (χ3v) is 15.9. The van der Waals surface area contributed by atoms with Gasteiger partial charge in [0, 0.05) is 39.1 Å². The quantitative estimate of drug-likeness (QED) is 0.0536. The van der Waals surface area contributed by atoms with Crippen LogP contribution in [0.5, 0.6) is 0 Å². The largest absolute Gasteiger partial charge is 0.444 e. The van der Waals surface area contributed by atoms with Crippen molar-refractivity contribution in [2.75, 3.05) is 39.3 Å². The summed E-state index contributed by atoms with van der Waals surface area (Å²) in [6.45, 7) is 37.9.